The minimum absolute atomic E-state index is 0.0266. The van der Waals surface area contributed by atoms with Crippen LogP contribution in [0.3, 0.4) is 0 Å². The summed E-state index contributed by atoms with van der Waals surface area (Å²) in [6, 6.07) is 15.7. The lowest BCUT2D eigenvalue weighted by Crippen LogP contribution is -2.33. The number of rotatable bonds is 6. The second-order valence-corrected chi connectivity index (χ2v) is 7.48. The molecule has 130 valence electrons. The van der Waals surface area contributed by atoms with Crippen molar-refractivity contribution in [1.29, 1.82) is 5.26 Å². The van der Waals surface area contributed by atoms with Gasteiger partial charge in [0.15, 0.2) is 0 Å². The van der Waals surface area contributed by atoms with Gasteiger partial charge in [0.05, 0.1) is 17.5 Å². The molecule has 7 heteroatoms. The maximum Gasteiger partial charge on any atom is 0.232 e. The van der Waals surface area contributed by atoms with E-state index in [0.29, 0.717) is 5.69 Å². The number of sulfonamides is 1. The molecule has 0 aliphatic rings. The molecule has 25 heavy (non-hydrogen) atoms. The lowest BCUT2D eigenvalue weighted by atomic mass is 10.2. The van der Waals surface area contributed by atoms with Crippen molar-refractivity contribution in [3.05, 3.63) is 59.7 Å². The zero-order valence-electron chi connectivity index (χ0n) is 14.1. The second-order valence-electron chi connectivity index (χ2n) is 5.58. The van der Waals surface area contributed by atoms with Crippen molar-refractivity contribution in [1.82, 2.24) is 0 Å². The number of benzene rings is 2. The molecule has 0 heterocycles. The summed E-state index contributed by atoms with van der Waals surface area (Å²) in [7, 11) is -3.63. The molecule has 0 radical (unpaired) electrons. The van der Waals surface area contributed by atoms with E-state index in [9.17, 15) is 18.5 Å². The van der Waals surface area contributed by atoms with Crippen LogP contribution in [0.15, 0.2) is 48.5 Å². The monoisotopic (exact) mass is 357 g/mol. The highest BCUT2D eigenvalue weighted by molar-refractivity contribution is 7.92. The quantitative estimate of drug-likeness (QED) is 0.860. The number of nitriles is 1. The fraction of sp³-hybridized carbons (Fsp3) is 0.222. The summed E-state index contributed by atoms with van der Waals surface area (Å²) >= 11 is 0. The van der Waals surface area contributed by atoms with Crippen molar-refractivity contribution < 1.29 is 13.2 Å². The molecule has 0 fully saturated rings. The fourth-order valence-corrected chi connectivity index (χ4v) is 3.32. The number of carbonyl (C=O) groups is 1. The van der Waals surface area contributed by atoms with Gasteiger partial charge in [-0.25, -0.2) is 8.42 Å². The third-order valence-corrected chi connectivity index (χ3v) is 4.83. The normalized spacial score (nSPS) is 10.8. The predicted molar refractivity (Wildman–Crippen MR) is 97.8 cm³/mol. The van der Waals surface area contributed by atoms with Gasteiger partial charge < -0.3 is 5.32 Å². The van der Waals surface area contributed by atoms with Crippen molar-refractivity contribution >= 4 is 27.3 Å². The van der Waals surface area contributed by atoms with Crippen LogP contribution >= 0.6 is 0 Å². The molecule has 0 aromatic heterocycles. The number of para-hydroxylation sites is 2. The molecule has 2 aromatic carbocycles. The molecule has 0 aliphatic heterocycles. The van der Waals surface area contributed by atoms with Crippen LogP contribution in [-0.4, -0.2) is 27.1 Å². The van der Waals surface area contributed by atoms with Crippen molar-refractivity contribution in [2.75, 3.05) is 22.4 Å². The summed E-state index contributed by atoms with van der Waals surface area (Å²) in [4.78, 5) is 12.2. The minimum Gasteiger partial charge on any atom is -0.326 e. The van der Waals surface area contributed by atoms with E-state index < -0.39 is 10.0 Å². The summed E-state index contributed by atoms with van der Waals surface area (Å²) in [5.74, 6) is -0.294. The lowest BCUT2D eigenvalue weighted by Gasteiger charge is -2.23. The first-order valence-electron chi connectivity index (χ1n) is 7.65. The smallest absolute Gasteiger partial charge is 0.232 e. The number of hydrogen-bond acceptors (Lipinski definition) is 4. The van der Waals surface area contributed by atoms with Crippen LogP contribution in [0.25, 0.3) is 0 Å². The van der Waals surface area contributed by atoms with Crippen LogP contribution in [0.5, 0.6) is 0 Å². The van der Waals surface area contributed by atoms with Gasteiger partial charge in [0, 0.05) is 18.7 Å². The highest BCUT2D eigenvalue weighted by Crippen LogP contribution is 2.22. The number of amides is 1. The molecule has 1 amide bonds. The van der Waals surface area contributed by atoms with Crippen LogP contribution in [0.4, 0.5) is 11.4 Å². The van der Waals surface area contributed by atoms with E-state index in [4.69, 9.17) is 0 Å². The van der Waals surface area contributed by atoms with Crippen molar-refractivity contribution in [3.8, 4) is 6.07 Å². The Balaban J connectivity index is 2.15. The van der Waals surface area contributed by atoms with E-state index >= 15 is 0 Å². The van der Waals surface area contributed by atoms with E-state index in [1.807, 2.05) is 31.2 Å². The van der Waals surface area contributed by atoms with Crippen LogP contribution < -0.4 is 9.62 Å². The summed E-state index contributed by atoms with van der Waals surface area (Å²) in [5, 5.41) is 12.0. The van der Waals surface area contributed by atoms with Crippen LogP contribution in [0, 0.1) is 18.3 Å². The van der Waals surface area contributed by atoms with Crippen LogP contribution in [0.1, 0.15) is 17.5 Å². The molecule has 0 bridgehead atoms. The zero-order valence-corrected chi connectivity index (χ0v) is 14.9. The molecule has 0 saturated carbocycles. The van der Waals surface area contributed by atoms with E-state index in [1.54, 1.807) is 30.3 Å². The highest BCUT2D eigenvalue weighted by Gasteiger charge is 2.21. The van der Waals surface area contributed by atoms with Crippen LogP contribution in [0.2, 0.25) is 0 Å². The van der Waals surface area contributed by atoms with Gasteiger partial charge in [-0.3, -0.25) is 9.10 Å². The van der Waals surface area contributed by atoms with Crippen molar-refractivity contribution in [3.63, 3.8) is 0 Å². The molecule has 0 unspecified atom stereocenters. The number of hydrogen-bond donors (Lipinski definition) is 1. The van der Waals surface area contributed by atoms with Crippen molar-refractivity contribution in [2.45, 2.75) is 13.3 Å². The Morgan fingerprint density at radius 2 is 1.80 bits per heavy atom. The van der Waals surface area contributed by atoms with Gasteiger partial charge in [-0.05, 0) is 30.7 Å². The average molecular weight is 357 g/mol. The van der Waals surface area contributed by atoms with Gasteiger partial charge in [-0.15, -0.1) is 0 Å². The topological polar surface area (TPSA) is 90.3 Å². The van der Waals surface area contributed by atoms with E-state index in [-0.39, 0.29) is 30.1 Å². The highest BCUT2D eigenvalue weighted by atomic mass is 32.2. The second kappa shape index (κ2) is 7.81. The summed E-state index contributed by atoms with van der Waals surface area (Å²) in [5.41, 5.74) is 2.13. The Hall–Kier alpha value is -2.85. The van der Waals surface area contributed by atoms with Gasteiger partial charge >= 0.3 is 0 Å². The third-order valence-electron chi connectivity index (χ3n) is 3.65. The van der Waals surface area contributed by atoms with E-state index in [2.05, 4.69) is 5.32 Å². The molecule has 0 aliphatic carbocycles. The SMILES string of the molecule is Cc1ccccc1NC(=O)CCN(c1ccccc1C#N)S(C)(=O)=O. The van der Waals surface area contributed by atoms with Crippen LogP contribution in [-0.2, 0) is 14.8 Å². The maximum atomic E-state index is 12.2. The molecular formula is C18H19N3O3S. The molecule has 2 aromatic rings. The first-order valence-corrected chi connectivity index (χ1v) is 9.50. The first-order chi connectivity index (χ1) is 11.8. The Kier molecular flexibility index (Phi) is 5.78. The third kappa shape index (κ3) is 4.81. The molecule has 0 saturated heterocycles. The fourth-order valence-electron chi connectivity index (χ4n) is 2.38. The summed E-state index contributed by atoms with van der Waals surface area (Å²) in [6.45, 7) is 1.83. The van der Waals surface area contributed by atoms with Gasteiger partial charge in [-0.1, -0.05) is 30.3 Å². The number of nitrogens with one attached hydrogen (secondary N) is 1. The largest absolute Gasteiger partial charge is 0.326 e. The van der Waals surface area contributed by atoms with Gasteiger partial charge in [0.2, 0.25) is 15.9 Å². The molecular weight excluding hydrogens is 338 g/mol. The predicted octanol–water partition coefficient (Wildman–Crippen LogP) is 2.66. The molecule has 0 atom stereocenters. The first kappa shape index (κ1) is 18.5. The van der Waals surface area contributed by atoms with Gasteiger partial charge in [0.25, 0.3) is 0 Å². The zero-order chi connectivity index (χ0) is 18.4. The molecule has 1 N–H and O–H groups in total. The Labute approximate surface area is 147 Å². The number of anilines is 2. The number of aryl methyl sites for hydroxylation is 1. The van der Waals surface area contributed by atoms with E-state index in [0.717, 1.165) is 16.1 Å². The summed E-state index contributed by atoms with van der Waals surface area (Å²) in [6.07, 6.45) is 1.03. The average Bonchev–Trinajstić information content (AvgIpc) is 2.56. The molecule has 2 rings (SSSR count). The Morgan fingerprint density at radius 3 is 2.44 bits per heavy atom. The standard InChI is InChI=1S/C18H19N3O3S/c1-14-7-3-5-9-16(14)20-18(22)11-12-21(25(2,23)24)17-10-6-4-8-15(17)13-19/h3-10H,11-12H2,1-2H3,(H,20,22). The lowest BCUT2D eigenvalue weighted by molar-refractivity contribution is -0.116. The molecule has 0 spiro atoms. The Bertz CT molecular complexity index is 917. The van der Waals surface area contributed by atoms with Crippen molar-refractivity contribution in [2.24, 2.45) is 0 Å². The maximum absolute atomic E-state index is 12.2. The number of carbonyl (C=O) groups excluding carboxylic acids is 1. The van der Waals surface area contributed by atoms with Gasteiger partial charge in [-0.2, -0.15) is 5.26 Å². The van der Waals surface area contributed by atoms with E-state index in [1.165, 1.54) is 0 Å². The number of nitrogens with zero attached hydrogens (tertiary/aromatic N) is 2. The summed E-state index contributed by atoms with van der Waals surface area (Å²) < 4.78 is 25.3. The molecule has 6 nitrogen and oxygen atoms in total. The minimum atomic E-state index is -3.63. The Morgan fingerprint density at radius 1 is 1.16 bits per heavy atom. The van der Waals surface area contributed by atoms with Gasteiger partial charge in [0.1, 0.15) is 6.07 Å².